The van der Waals surface area contributed by atoms with E-state index in [0.29, 0.717) is 17.0 Å². The first-order valence-corrected chi connectivity index (χ1v) is 9.04. The Labute approximate surface area is 155 Å². The summed E-state index contributed by atoms with van der Waals surface area (Å²) >= 11 is 0. The first-order chi connectivity index (χ1) is 13.2. The molecule has 0 saturated carbocycles. The van der Waals surface area contributed by atoms with E-state index in [4.69, 9.17) is 4.42 Å². The van der Waals surface area contributed by atoms with Gasteiger partial charge in [0.2, 0.25) is 5.71 Å². The molecule has 136 valence electrons. The predicted octanol–water partition coefficient (Wildman–Crippen LogP) is 2.22. The normalized spacial score (nSPS) is 14.9. The maximum absolute atomic E-state index is 12.6. The van der Waals surface area contributed by atoms with Crippen molar-refractivity contribution in [2.24, 2.45) is 0 Å². The summed E-state index contributed by atoms with van der Waals surface area (Å²) in [5.74, 6) is 0.836. The van der Waals surface area contributed by atoms with Gasteiger partial charge in [-0.15, -0.1) is 0 Å². The van der Waals surface area contributed by atoms with E-state index in [1.54, 1.807) is 0 Å². The fraction of sp³-hybridized carbons (Fsp3) is 0.250. The van der Waals surface area contributed by atoms with Gasteiger partial charge in [-0.3, -0.25) is 0 Å². The summed E-state index contributed by atoms with van der Waals surface area (Å²) in [6, 6.07) is 9.72. The van der Waals surface area contributed by atoms with Crippen molar-refractivity contribution in [3.8, 4) is 11.3 Å². The highest BCUT2D eigenvalue weighted by atomic mass is 16.4. The molecule has 0 bridgehead atoms. The van der Waals surface area contributed by atoms with E-state index in [1.807, 2.05) is 54.0 Å². The van der Waals surface area contributed by atoms with Gasteiger partial charge < -0.3 is 19.0 Å². The third kappa shape index (κ3) is 2.86. The lowest BCUT2D eigenvalue weighted by atomic mass is 10.2. The van der Waals surface area contributed by atoms with Crippen molar-refractivity contribution in [1.82, 2.24) is 19.7 Å². The van der Waals surface area contributed by atoms with Gasteiger partial charge in [-0.05, 0) is 42.8 Å². The van der Waals surface area contributed by atoms with Gasteiger partial charge in [-0.25, -0.2) is 9.78 Å². The van der Waals surface area contributed by atoms with Crippen molar-refractivity contribution in [2.45, 2.75) is 6.92 Å². The Morgan fingerprint density at radius 3 is 2.81 bits per heavy atom. The number of anilines is 1. The van der Waals surface area contributed by atoms with Crippen LogP contribution in [0.2, 0.25) is 0 Å². The Balaban J connectivity index is 1.58. The summed E-state index contributed by atoms with van der Waals surface area (Å²) in [4.78, 5) is 23.9. The maximum atomic E-state index is 12.6. The number of nitrogens with one attached hydrogen (secondary N) is 1. The highest BCUT2D eigenvalue weighted by molar-refractivity contribution is 5.80. The molecule has 4 aromatic rings. The topological polar surface area (TPSA) is 75.7 Å². The van der Waals surface area contributed by atoms with Gasteiger partial charge in [0.05, 0.1) is 11.3 Å². The van der Waals surface area contributed by atoms with Crippen LogP contribution in [0.25, 0.3) is 28.0 Å². The average molecular weight is 361 g/mol. The molecular weight excluding hydrogens is 342 g/mol. The number of aromatic nitrogens is 3. The van der Waals surface area contributed by atoms with Gasteiger partial charge >= 0.3 is 5.63 Å². The van der Waals surface area contributed by atoms with Crippen LogP contribution in [-0.4, -0.2) is 40.5 Å². The van der Waals surface area contributed by atoms with E-state index < -0.39 is 5.63 Å². The van der Waals surface area contributed by atoms with E-state index in [0.717, 1.165) is 48.6 Å². The van der Waals surface area contributed by atoms with Crippen LogP contribution in [-0.2, 0) is 0 Å². The first kappa shape index (κ1) is 16.0. The van der Waals surface area contributed by atoms with Crippen molar-refractivity contribution in [3.63, 3.8) is 0 Å². The second-order valence-corrected chi connectivity index (χ2v) is 6.84. The lowest BCUT2D eigenvalue weighted by Gasteiger charge is -2.28. The zero-order valence-electron chi connectivity index (χ0n) is 15.0. The monoisotopic (exact) mass is 361 g/mol. The molecule has 0 atom stereocenters. The molecule has 1 fully saturated rings. The lowest BCUT2D eigenvalue weighted by molar-refractivity contribution is 0.547. The predicted molar refractivity (Wildman–Crippen MR) is 104 cm³/mol. The molecule has 0 aromatic carbocycles. The van der Waals surface area contributed by atoms with Gasteiger partial charge in [-0.1, -0.05) is 0 Å². The van der Waals surface area contributed by atoms with Crippen LogP contribution in [0.4, 0.5) is 5.82 Å². The number of piperazine rings is 1. The molecule has 0 aliphatic carbocycles. The summed E-state index contributed by atoms with van der Waals surface area (Å²) in [5.41, 5.74) is 2.90. The fourth-order valence-corrected chi connectivity index (χ4v) is 3.45. The zero-order chi connectivity index (χ0) is 18.4. The molecule has 7 nitrogen and oxygen atoms in total. The van der Waals surface area contributed by atoms with E-state index in [1.165, 1.54) is 0 Å². The number of pyridine rings is 2. The van der Waals surface area contributed by atoms with E-state index in [2.05, 4.69) is 20.2 Å². The molecular formula is C20H19N5O2. The lowest BCUT2D eigenvalue weighted by Crippen LogP contribution is -2.43. The average Bonchev–Trinajstić information content (AvgIpc) is 3.10. The fourth-order valence-electron chi connectivity index (χ4n) is 3.45. The van der Waals surface area contributed by atoms with E-state index >= 15 is 0 Å². The van der Waals surface area contributed by atoms with Crippen LogP contribution >= 0.6 is 0 Å². The van der Waals surface area contributed by atoms with Gasteiger partial charge in [0.25, 0.3) is 0 Å². The third-order valence-corrected chi connectivity index (χ3v) is 4.92. The number of nitrogens with zero attached hydrogens (tertiary/aromatic N) is 4. The minimum Gasteiger partial charge on any atom is -0.403 e. The van der Waals surface area contributed by atoms with Crippen molar-refractivity contribution >= 4 is 22.6 Å². The van der Waals surface area contributed by atoms with Crippen LogP contribution < -0.4 is 15.8 Å². The minimum absolute atomic E-state index is 0.361. The number of rotatable bonds is 2. The Hall–Kier alpha value is -3.19. The van der Waals surface area contributed by atoms with E-state index in [-0.39, 0.29) is 0 Å². The van der Waals surface area contributed by atoms with Crippen LogP contribution in [0.5, 0.6) is 0 Å². The van der Waals surface area contributed by atoms with Gasteiger partial charge in [0.1, 0.15) is 11.5 Å². The third-order valence-electron chi connectivity index (χ3n) is 4.92. The van der Waals surface area contributed by atoms with Crippen molar-refractivity contribution in [3.05, 3.63) is 58.7 Å². The molecule has 5 rings (SSSR count). The first-order valence-electron chi connectivity index (χ1n) is 9.04. The van der Waals surface area contributed by atoms with Crippen molar-refractivity contribution < 1.29 is 4.42 Å². The van der Waals surface area contributed by atoms with Crippen LogP contribution in [0, 0.1) is 6.92 Å². The molecule has 1 N–H and O–H groups in total. The largest absolute Gasteiger partial charge is 0.403 e. The zero-order valence-corrected chi connectivity index (χ0v) is 15.0. The molecule has 0 amide bonds. The molecule has 1 aliphatic rings. The Bertz CT molecular complexity index is 1200. The molecule has 5 heterocycles. The smallest absolute Gasteiger partial charge is 0.347 e. The highest BCUT2D eigenvalue weighted by Gasteiger charge is 2.15. The molecule has 27 heavy (non-hydrogen) atoms. The summed E-state index contributed by atoms with van der Waals surface area (Å²) < 4.78 is 7.44. The Morgan fingerprint density at radius 1 is 1.11 bits per heavy atom. The number of hydrogen-bond donors (Lipinski definition) is 1. The van der Waals surface area contributed by atoms with Gasteiger partial charge in [-0.2, -0.15) is 4.98 Å². The highest BCUT2D eigenvalue weighted by Crippen LogP contribution is 2.23. The molecule has 0 radical (unpaired) electrons. The number of aryl methyl sites for hydroxylation is 1. The molecule has 1 saturated heterocycles. The molecule has 7 heteroatoms. The summed E-state index contributed by atoms with van der Waals surface area (Å²) in [5, 5.41) is 4.11. The van der Waals surface area contributed by atoms with E-state index in [9.17, 15) is 4.79 Å². The standard InChI is InChI=1S/C20H19N5O2/c1-13-4-7-25-12-16(22-18(25)10-13)15-11-14-2-3-17(23-19(14)27-20(15)26)24-8-5-21-6-9-24/h2-4,7,10-12,21H,5-6,8-9H2,1H3. The quantitative estimate of drug-likeness (QED) is 0.590. The number of fused-ring (bicyclic) bond motifs is 2. The molecule has 1 aliphatic heterocycles. The van der Waals surface area contributed by atoms with Crippen molar-refractivity contribution in [2.75, 3.05) is 31.1 Å². The summed E-state index contributed by atoms with van der Waals surface area (Å²) in [7, 11) is 0. The van der Waals surface area contributed by atoms with Gasteiger partial charge in [0, 0.05) is 44.0 Å². The van der Waals surface area contributed by atoms with Gasteiger partial charge in [0.15, 0.2) is 0 Å². The molecule has 0 unspecified atom stereocenters. The van der Waals surface area contributed by atoms with Crippen LogP contribution in [0.1, 0.15) is 5.56 Å². The summed E-state index contributed by atoms with van der Waals surface area (Å²) in [6.07, 6.45) is 3.78. The number of imidazole rings is 1. The molecule has 4 aromatic heterocycles. The maximum Gasteiger partial charge on any atom is 0.347 e. The molecule has 0 spiro atoms. The number of hydrogen-bond acceptors (Lipinski definition) is 6. The second-order valence-electron chi connectivity index (χ2n) is 6.84. The van der Waals surface area contributed by atoms with Crippen molar-refractivity contribution in [1.29, 1.82) is 0 Å². The second kappa shape index (κ2) is 6.21. The van der Waals surface area contributed by atoms with Crippen LogP contribution in [0.15, 0.2) is 51.9 Å². The SMILES string of the molecule is Cc1ccn2cc(-c3cc4ccc(N5CCNCC5)nc4oc3=O)nc2c1. The Morgan fingerprint density at radius 2 is 1.96 bits per heavy atom. The summed E-state index contributed by atoms with van der Waals surface area (Å²) in [6.45, 7) is 5.65. The minimum atomic E-state index is -0.424. The Kier molecular flexibility index (Phi) is 3.68. The van der Waals surface area contributed by atoms with Crippen LogP contribution in [0.3, 0.4) is 0 Å².